The lowest BCUT2D eigenvalue weighted by Crippen LogP contribution is -2.37. The lowest BCUT2D eigenvalue weighted by molar-refractivity contribution is -0.133. The monoisotopic (exact) mass is 381 g/mol. The molecular weight excluding hydrogens is 346 g/mol. The summed E-state index contributed by atoms with van der Waals surface area (Å²) in [4.78, 5) is 27.7. The third-order valence-electron chi connectivity index (χ3n) is 5.49. The highest BCUT2D eigenvalue weighted by Crippen LogP contribution is 2.35. The normalized spacial score (nSPS) is 13.3. The topological polar surface area (TPSA) is 86.0 Å². The number of carbonyl (C=O) groups excluding carboxylic acids is 2. The van der Waals surface area contributed by atoms with Crippen molar-refractivity contribution in [2.45, 2.75) is 66.0 Å². The fourth-order valence-corrected chi connectivity index (χ4v) is 3.56. The quantitative estimate of drug-likeness (QED) is 0.688. The number of hydrogen-bond donors (Lipinski definition) is 2. The molecule has 7 heteroatoms. The summed E-state index contributed by atoms with van der Waals surface area (Å²) in [5, 5.41) is 20.7. The van der Waals surface area contributed by atoms with Gasteiger partial charge in [0.1, 0.15) is 0 Å². The molecule has 0 spiro atoms. The molecule has 2 amide bonds. The van der Waals surface area contributed by atoms with Crippen molar-refractivity contribution in [3.8, 4) is 11.8 Å². The van der Waals surface area contributed by atoms with Gasteiger partial charge in [-0.3, -0.25) is 14.2 Å². The first kappa shape index (κ1) is 22.9. The van der Waals surface area contributed by atoms with Crippen molar-refractivity contribution >= 4 is 11.8 Å². The van der Waals surface area contributed by atoms with Gasteiger partial charge in [0.05, 0.1) is 0 Å². The summed E-state index contributed by atoms with van der Waals surface area (Å²) in [6, 6.07) is 0.0725. The van der Waals surface area contributed by atoms with Gasteiger partial charge in [-0.25, -0.2) is 0 Å². The van der Waals surface area contributed by atoms with E-state index < -0.39 is 0 Å². The molecule has 0 bridgehead atoms. The number of hydrogen-bond acceptors (Lipinski definition) is 4. The second-order valence-corrected chi connectivity index (χ2v) is 7.40. The van der Waals surface area contributed by atoms with E-state index in [1.165, 1.54) is 4.57 Å². The van der Waals surface area contributed by atoms with E-state index in [9.17, 15) is 19.8 Å². The second kappa shape index (κ2) is 9.67. The van der Waals surface area contributed by atoms with E-state index in [1.807, 2.05) is 13.8 Å². The lowest BCUT2D eigenvalue weighted by atomic mass is 9.90. The molecule has 0 saturated heterocycles. The van der Waals surface area contributed by atoms with Crippen molar-refractivity contribution in [2.75, 3.05) is 21.1 Å². The SMILES string of the molecule is CCC(CCC(Cc1c(C)c(O)n(CC)c1O)C(=O)N(C)C)N(C)C(C)=O. The average molecular weight is 382 g/mol. The van der Waals surface area contributed by atoms with Crippen LogP contribution in [0.5, 0.6) is 11.8 Å². The van der Waals surface area contributed by atoms with Crippen LogP contribution in [0.25, 0.3) is 0 Å². The van der Waals surface area contributed by atoms with E-state index in [2.05, 4.69) is 0 Å². The Bertz CT molecular complexity index is 667. The maximum absolute atomic E-state index is 12.7. The zero-order chi connectivity index (χ0) is 20.9. The highest BCUT2D eigenvalue weighted by molar-refractivity contribution is 5.79. The smallest absolute Gasteiger partial charge is 0.225 e. The van der Waals surface area contributed by atoms with Crippen LogP contribution in [0.2, 0.25) is 0 Å². The van der Waals surface area contributed by atoms with E-state index in [0.717, 1.165) is 6.42 Å². The van der Waals surface area contributed by atoms with Crippen LogP contribution in [0.15, 0.2) is 0 Å². The van der Waals surface area contributed by atoms with Gasteiger partial charge in [0.2, 0.25) is 11.8 Å². The summed E-state index contributed by atoms with van der Waals surface area (Å²) >= 11 is 0. The predicted octanol–water partition coefficient (Wildman–Crippen LogP) is 2.51. The fraction of sp³-hybridized carbons (Fsp3) is 0.700. The van der Waals surface area contributed by atoms with Gasteiger partial charge in [-0.2, -0.15) is 0 Å². The number of amides is 2. The minimum Gasteiger partial charge on any atom is -0.494 e. The standard InChI is InChI=1S/C20H35N3O4/c1-8-16(22(7)14(4)24)11-10-15(19(26)21(5)6)12-17-13(3)18(25)23(9-2)20(17)27/h15-16,25,27H,8-12H2,1-7H3. The van der Waals surface area contributed by atoms with Crippen LogP contribution in [-0.2, 0) is 22.6 Å². The van der Waals surface area contributed by atoms with Crippen LogP contribution in [-0.4, -0.2) is 63.6 Å². The van der Waals surface area contributed by atoms with E-state index in [0.29, 0.717) is 36.9 Å². The zero-order valence-electron chi connectivity index (χ0n) is 17.7. The molecule has 0 saturated carbocycles. The van der Waals surface area contributed by atoms with E-state index in [4.69, 9.17) is 0 Å². The van der Waals surface area contributed by atoms with Crippen molar-refractivity contribution in [2.24, 2.45) is 5.92 Å². The Labute approximate surface area is 162 Å². The summed E-state index contributed by atoms with van der Waals surface area (Å²) in [5.74, 6) is -0.263. The number of carbonyl (C=O) groups is 2. The highest BCUT2D eigenvalue weighted by Gasteiger charge is 2.28. The summed E-state index contributed by atoms with van der Waals surface area (Å²) in [7, 11) is 5.22. The Kier molecular flexibility index (Phi) is 8.19. The number of rotatable bonds is 9. The summed E-state index contributed by atoms with van der Waals surface area (Å²) in [6.45, 7) is 7.62. The Morgan fingerprint density at radius 2 is 1.67 bits per heavy atom. The molecule has 1 aromatic rings. The fourth-order valence-electron chi connectivity index (χ4n) is 3.56. The first-order chi connectivity index (χ1) is 12.6. The maximum Gasteiger partial charge on any atom is 0.225 e. The van der Waals surface area contributed by atoms with Crippen molar-refractivity contribution in [1.82, 2.24) is 14.4 Å². The number of aromatic hydroxyl groups is 2. The van der Waals surface area contributed by atoms with E-state index >= 15 is 0 Å². The molecular formula is C20H35N3O4. The van der Waals surface area contributed by atoms with Crippen molar-refractivity contribution < 1.29 is 19.8 Å². The first-order valence-electron chi connectivity index (χ1n) is 9.61. The lowest BCUT2D eigenvalue weighted by Gasteiger charge is -2.28. The van der Waals surface area contributed by atoms with E-state index in [1.54, 1.807) is 44.8 Å². The highest BCUT2D eigenvalue weighted by atomic mass is 16.3. The van der Waals surface area contributed by atoms with Gasteiger partial charge in [0.25, 0.3) is 0 Å². The van der Waals surface area contributed by atoms with Gasteiger partial charge in [0, 0.05) is 57.7 Å². The third-order valence-corrected chi connectivity index (χ3v) is 5.49. The molecule has 0 fully saturated rings. The molecule has 2 unspecified atom stereocenters. The molecule has 7 nitrogen and oxygen atoms in total. The Morgan fingerprint density at radius 1 is 1.07 bits per heavy atom. The zero-order valence-corrected chi connectivity index (χ0v) is 17.7. The minimum atomic E-state index is -0.328. The average Bonchev–Trinajstić information content (AvgIpc) is 2.82. The van der Waals surface area contributed by atoms with Crippen LogP contribution in [0.3, 0.4) is 0 Å². The predicted molar refractivity (Wildman–Crippen MR) is 106 cm³/mol. The molecule has 0 aromatic carbocycles. The summed E-state index contributed by atoms with van der Waals surface area (Å²) in [5.41, 5.74) is 1.22. The summed E-state index contributed by atoms with van der Waals surface area (Å²) in [6.07, 6.45) is 2.48. The minimum absolute atomic E-state index is 0.00997. The number of nitrogens with zero attached hydrogens (tertiary/aromatic N) is 3. The molecule has 0 aliphatic carbocycles. The largest absolute Gasteiger partial charge is 0.494 e. The van der Waals surface area contributed by atoms with Crippen LogP contribution in [0.1, 0.15) is 51.2 Å². The molecule has 2 N–H and O–H groups in total. The van der Waals surface area contributed by atoms with Crippen LogP contribution in [0.4, 0.5) is 0 Å². The van der Waals surface area contributed by atoms with Gasteiger partial charge in [0.15, 0.2) is 11.8 Å². The van der Waals surface area contributed by atoms with Crippen molar-refractivity contribution in [3.63, 3.8) is 0 Å². The second-order valence-electron chi connectivity index (χ2n) is 7.40. The Balaban J connectivity index is 3.07. The molecule has 2 atom stereocenters. The van der Waals surface area contributed by atoms with Gasteiger partial charge in [-0.15, -0.1) is 0 Å². The van der Waals surface area contributed by atoms with Crippen molar-refractivity contribution in [3.05, 3.63) is 11.1 Å². The molecule has 154 valence electrons. The Hall–Kier alpha value is -2.18. The molecule has 1 aromatic heterocycles. The van der Waals surface area contributed by atoms with Crippen LogP contribution < -0.4 is 0 Å². The molecule has 27 heavy (non-hydrogen) atoms. The number of aromatic nitrogens is 1. The summed E-state index contributed by atoms with van der Waals surface area (Å²) < 4.78 is 1.44. The molecule has 1 rings (SSSR count). The van der Waals surface area contributed by atoms with Crippen molar-refractivity contribution in [1.29, 1.82) is 0 Å². The van der Waals surface area contributed by atoms with Crippen LogP contribution >= 0.6 is 0 Å². The maximum atomic E-state index is 12.7. The molecule has 0 radical (unpaired) electrons. The molecule has 1 heterocycles. The first-order valence-corrected chi connectivity index (χ1v) is 9.61. The van der Waals surface area contributed by atoms with Gasteiger partial charge in [-0.05, 0) is 39.5 Å². The van der Waals surface area contributed by atoms with Gasteiger partial charge >= 0.3 is 0 Å². The molecule has 0 aliphatic rings. The van der Waals surface area contributed by atoms with Gasteiger partial charge in [-0.1, -0.05) is 6.92 Å². The van der Waals surface area contributed by atoms with Crippen LogP contribution in [0, 0.1) is 12.8 Å². The third kappa shape index (κ3) is 5.17. The molecule has 0 aliphatic heterocycles. The Morgan fingerprint density at radius 3 is 2.07 bits per heavy atom. The van der Waals surface area contributed by atoms with Gasteiger partial charge < -0.3 is 20.0 Å². The van der Waals surface area contributed by atoms with E-state index in [-0.39, 0.29) is 35.5 Å².